The molecule has 0 spiro atoms. The summed E-state index contributed by atoms with van der Waals surface area (Å²) >= 11 is 2.74. The van der Waals surface area contributed by atoms with Crippen molar-refractivity contribution in [3.8, 4) is 34.0 Å². The van der Waals surface area contributed by atoms with Crippen molar-refractivity contribution in [2.24, 2.45) is 5.92 Å². The van der Waals surface area contributed by atoms with E-state index < -0.39 is 11.9 Å². The first-order valence-electron chi connectivity index (χ1n) is 25.7. The molecule has 1 unspecified atom stereocenters. The van der Waals surface area contributed by atoms with E-state index >= 15 is 0 Å². The zero-order valence-electron chi connectivity index (χ0n) is 41.6. The number of hydrogen-bond acceptors (Lipinski definition) is 13. The minimum Gasteiger partial charge on any atom is -0.491 e. The summed E-state index contributed by atoms with van der Waals surface area (Å²) in [5.41, 5.74) is 7.35. The molecular weight excluding hydrogens is 1020 g/mol. The van der Waals surface area contributed by atoms with Gasteiger partial charge >= 0.3 is 24.0 Å². The molecule has 12 rings (SSSR count). The molecular formula is C57H51N9O9S2. The fraction of sp³-hybridized carbons (Fsp3) is 0.281. The van der Waals surface area contributed by atoms with Crippen molar-refractivity contribution in [2.45, 2.75) is 57.3 Å². The Bertz CT molecular complexity index is 3640. The van der Waals surface area contributed by atoms with Gasteiger partial charge in [0.05, 0.1) is 45.0 Å². The van der Waals surface area contributed by atoms with Gasteiger partial charge in [-0.1, -0.05) is 71.6 Å². The number of carbonyl (C=O) groups excluding carboxylic acids is 3. The molecule has 1 aliphatic carbocycles. The normalized spacial score (nSPS) is 16.2. The van der Waals surface area contributed by atoms with Crippen LogP contribution < -0.4 is 29.9 Å². The van der Waals surface area contributed by atoms with Crippen LogP contribution in [0.1, 0.15) is 88.5 Å². The van der Waals surface area contributed by atoms with Crippen molar-refractivity contribution in [1.82, 2.24) is 24.8 Å². The number of fused-ring (bicyclic) bond motifs is 4. The first-order valence-corrected chi connectivity index (χ1v) is 27.4. The second-order valence-electron chi connectivity index (χ2n) is 19.6. The topological polar surface area (TPSA) is 230 Å². The van der Waals surface area contributed by atoms with Gasteiger partial charge in [0.15, 0.2) is 33.1 Å². The standard InChI is InChI=1S/C57H51N9O9S2/c67-49-11-5-23-64(49)26-27-74-45-20-18-40(58-50(45)52(68)69)36-14-16-38-37(22-25-66(44(38)29-36)57(73)62-54-60-41-9-1-2-10-47(41)76-54)34-15-17-42-48(30-34)77-55(61-42)63-56(72)65-24-4-8-33-12-13-35(28-43(33)65)39-19-21-46(51(59-39)53(70)71)75-31-32-6-3-7-32/h1-2,9-10,12-21,28-30,32,37H,3-8,11,22-27,31H2,(H,68,69)(H,70,71)(H,60,62,73)(H,61,63,72). The van der Waals surface area contributed by atoms with Crippen LogP contribution >= 0.6 is 22.7 Å². The Balaban J connectivity index is 0.801. The van der Waals surface area contributed by atoms with Gasteiger partial charge in [0.1, 0.15) is 6.61 Å². The lowest BCUT2D eigenvalue weighted by Gasteiger charge is -2.35. The lowest BCUT2D eigenvalue weighted by Crippen LogP contribution is -2.39. The molecule has 390 valence electrons. The lowest BCUT2D eigenvalue weighted by molar-refractivity contribution is -0.128. The van der Waals surface area contributed by atoms with Gasteiger partial charge in [-0.2, -0.15) is 0 Å². The van der Waals surface area contributed by atoms with Gasteiger partial charge < -0.3 is 24.6 Å². The predicted octanol–water partition coefficient (Wildman–Crippen LogP) is 11.2. The number of nitrogens with one attached hydrogen (secondary N) is 2. The molecule has 4 aromatic carbocycles. The first kappa shape index (κ1) is 49.4. The summed E-state index contributed by atoms with van der Waals surface area (Å²) in [5, 5.41) is 27.2. The lowest BCUT2D eigenvalue weighted by atomic mass is 9.83. The van der Waals surface area contributed by atoms with Gasteiger partial charge in [-0.25, -0.2) is 39.1 Å². The maximum absolute atomic E-state index is 14.3. The third-order valence-electron chi connectivity index (χ3n) is 14.8. The number of thiazole rings is 2. The van der Waals surface area contributed by atoms with Crippen LogP contribution in [0.2, 0.25) is 0 Å². The van der Waals surface area contributed by atoms with Crippen molar-refractivity contribution >= 4 is 94.7 Å². The Labute approximate surface area is 449 Å². The predicted molar refractivity (Wildman–Crippen MR) is 294 cm³/mol. The van der Waals surface area contributed by atoms with Gasteiger partial charge in [0.25, 0.3) is 0 Å². The van der Waals surface area contributed by atoms with E-state index in [1.807, 2.05) is 72.8 Å². The van der Waals surface area contributed by atoms with E-state index in [9.17, 15) is 34.2 Å². The van der Waals surface area contributed by atoms with Crippen molar-refractivity contribution < 1.29 is 43.7 Å². The van der Waals surface area contributed by atoms with Crippen LogP contribution in [0.25, 0.3) is 42.9 Å². The van der Waals surface area contributed by atoms with Crippen LogP contribution in [0.5, 0.6) is 11.5 Å². The molecule has 7 heterocycles. The second kappa shape index (κ2) is 20.9. The summed E-state index contributed by atoms with van der Waals surface area (Å²) < 4.78 is 13.6. The molecule has 0 bridgehead atoms. The summed E-state index contributed by atoms with van der Waals surface area (Å²) in [6.45, 7) is 2.38. The average Bonchev–Trinajstić information content (AvgIpc) is 4.19. The molecule has 20 heteroatoms. The zero-order valence-corrected chi connectivity index (χ0v) is 43.2. The number of carboxylic acid groups (broad SMARTS) is 2. The Morgan fingerprint density at radius 3 is 1.95 bits per heavy atom. The summed E-state index contributed by atoms with van der Waals surface area (Å²) in [7, 11) is 0. The molecule has 1 atom stereocenters. The monoisotopic (exact) mass is 1070 g/mol. The maximum Gasteiger partial charge on any atom is 0.358 e. The number of urea groups is 2. The van der Waals surface area contributed by atoms with E-state index in [-0.39, 0.29) is 53.4 Å². The third-order valence-corrected chi connectivity index (χ3v) is 16.7. The number of carboxylic acids is 2. The Kier molecular flexibility index (Phi) is 13.4. The van der Waals surface area contributed by atoms with E-state index in [1.54, 1.807) is 39.0 Å². The van der Waals surface area contributed by atoms with Crippen LogP contribution in [0, 0.1) is 5.92 Å². The maximum atomic E-state index is 14.3. The second-order valence-corrected chi connectivity index (χ2v) is 21.7. The van der Waals surface area contributed by atoms with Crippen molar-refractivity contribution in [3.63, 3.8) is 0 Å². The Hall–Kier alpha value is -8.49. The molecule has 4 aromatic heterocycles. The van der Waals surface area contributed by atoms with Crippen LogP contribution in [-0.2, 0) is 11.2 Å². The zero-order chi connectivity index (χ0) is 52.7. The Morgan fingerprint density at radius 1 is 0.623 bits per heavy atom. The number of para-hydroxylation sites is 1. The number of pyridine rings is 2. The number of ether oxygens (including phenoxy) is 2. The van der Waals surface area contributed by atoms with E-state index in [4.69, 9.17) is 14.5 Å². The fourth-order valence-electron chi connectivity index (χ4n) is 10.5. The number of anilines is 4. The average molecular weight is 1070 g/mol. The number of carbonyl (C=O) groups is 5. The van der Waals surface area contributed by atoms with Crippen molar-refractivity contribution in [2.75, 3.05) is 59.8 Å². The van der Waals surface area contributed by atoms with Crippen LogP contribution in [0.3, 0.4) is 0 Å². The summed E-state index contributed by atoms with van der Waals surface area (Å²) in [6, 6.07) is 31.1. The van der Waals surface area contributed by atoms with Gasteiger partial charge in [-0.15, -0.1) is 0 Å². The van der Waals surface area contributed by atoms with E-state index in [0.717, 1.165) is 70.1 Å². The highest BCUT2D eigenvalue weighted by Crippen LogP contribution is 2.44. The third kappa shape index (κ3) is 10.1. The number of hydrogen-bond donors (Lipinski definition) is 4. The highest BCUT2D eigenvalue weighted by molar-refractivity contribution is 7.22. The minimum atomic E-state index is -1.26. The van der Waals surface area contributed by atoms with Gasteiger partial charge in [-0.05, 0) is 122 Å². The molecule has 1 saturated carbocycles. The number of rotatable bonds is 14. The number of nitrogens with zero attached hydrogens (tertiary/aromatic N) is 7. The van der Waals surface area contributed by atoms with Gasteiger partial charge in [-0.3, -0.25) is 25.2 Å². The fourth-order valence-corrected chi connectivity index (χ4v) is 12.3. The van der Waals surface area contributed by atoms with Gasteiger partial charge in [0, 0.05) is 54.5 Å². The molecule has 1 saturated heterocycles. The number of likely N-dealkylation sites (tertiary alicyclic amines) is 1. The van der Waals surface area contributed by atoms with Crippen LogP contribution in [0.15, 0.2) is 103 Å². The van der Waals surface area contributed by atoms with E-state index in [0.29, 0.717) is 101 Å². The van der Waals surface area contributed by atoms with Crippen molar-refractivity contribution in [1.29, 1.82) is 0 Å². The largest absolute Gasteiger partial charge is 0.491 e. The van der Waals surface area contributed by atoms with Gasteiger partial charge in [0.2, 0.25) is 5.91 Å². The molecule has 3 aliphatic heterocycles. The number of aromatic nitrogens is 4. The number of aryl methyl sites for hydroxylation is 1. The van der Waals surface area contributed by atoms with Crippen LogP contribution in [-0.4, -0.2) is 104 Å². The highest BCUT2D eigenvalue weighted by Gasteiger charge is 2.32. The van der Waals surface area contributed by atoms with E-state index in [1.165, 1.54) is 22.7 Å². The quantitative estimate of drug-likeness (QED) is 0.0795. The number of benzene rings is 4. The van der Waals surface area contributed by atoms with E-state index in [2.05, 4.69) is 31.7 Å². The molecule has 4 aliphatic rings. The highest BCUT2D eigenvalue weighted by atomic mass is 32.1. The minimum absolute atomic E-state index is 0.0525. The molecule has 4 N–H and O–H groups in total. The SMILES string of the molecule is O=C(O)c1nc(-c2ccc3c(c2)N(C(=O)Nc2nc4ccccc4s2)CCC3c2ccc3nc(NC(=O)N4CCCc5ccc(-c6ccc(OCC7CCC7)c(C(=O)O)n6)cc54)sc3c2)ccc1OCCN1CCCC1=O. The number of amides is 5. The molecule has 5 amide bonds. The summed E-state index contributed by atoms with van der Waals surface area (Å²) in [6.07, 6.45) is 6.70. The first-order chi connectivity index (χ1) is 37.5. The smallest absolute Gasteiger partial charge is 0.358 e. The molecule has 18 nitrogen and oxygen atoms in total. The molecule has 0 radical (unpaired) electrons. The molecule has 8 aromatic rings. The van der Waals surface area contributed by atoms with Crippen molar-refractivity contribution in [3.05, 3.63) is 131 Å². The summed E-state index contributed by atoms with van der Waals surface area (Å²) in [4.78, 5) is 89.0. The number of aromatic carboxylic acids is 2. The summed E-state index contributed by atoms with van der Waals surface area (Å²) in [5.74, 6) is -1.78. The Morgan fingerprint density at radius 2 is 1.27 bits per heavy atom. The van der Waals surface area contributed by atoms with Crippen LogP contribution in [0.4, 0.5) is 31.2 Å². The molecule has 77 heavy (non-hydrogen) atoms. The molecule has 2 fully saturated rings.